The summed E-state index contributed by atoms with van der Waals surface area (Å²) in [5.41, 5.74) is 2.32. The number of fused-ring (bicyclic) bond motifs is 1. The molecule has 0 radical (unpaired) electrons. The number of hydrogen-bond acceptors (Lipinski definition) is 5. The Bertz CT molecular complexity index is 697. The van der Waals surface area contributed by atoms with Gasteiger partial charge in [0.25, 0.3) is 0 Å². The molecule has 2 aliphatic rings. The van der Waals surface area contributed by atoms with Crippen LogP contribution in [0.5, 0.6) is 0 Å². The number of benzene rings is 1. The summed E-state index contributed by atoms with van der Waals surface area (Å²) in [6.45, 7) is 0.796. The smallest absolute Gasteiger partial charge is 0.237 e. The van der Waals surface area contributed by atoms with Crippen LogP contribution in [0.4, 0.5) is 5.69 Å². The highest BCUT2D eigenvalue weighted by atomic mass is 32.2. The van der Waals surface area contributed by atoms with Crippen molar-refractivity contribution in [1.82, 2.24) is 20.2 Å². The maximum atomic E-state index is 12.6. The Kier molecular flexibility index (Phi) is 3.57. The molecule has 1 aliphatic carbocycles. The first kappa shape index (κ1) is 13.8. The van der Waals surface area contributed by atoms with E-state index in [0.29, 0.717) is 11.8 Å². The number of nitrogens with zero attached hydrogens (tertiary/aromatic N) is 5. The lowest BCUT2D eigenvalue weighted by Crippen LogP contribution is -2.36. The van der Waals surface area contributed by atoms with E-state index in [-0.39, 0.29) is 5.91 Å². The average molecular weight is 315 g/mol. The SMILES string of the molecule is O=C(CSc1nnnn1C1CC1)N1CCCc2ccccc21. The second-order valence-corrected chi connectivity index (χ2v) is 6.65. The number of rotatable bonds is 4. The van der Waals surface area contributed by atoms with Crippen LogP contribution in [-0.4, -0.2) is 38.4 Å². The number of anilines is 1. The van der Waals surface area contributed by atoms with E-state index >= 15 is 0 Å². The minimum absolute atomic E-state index is 0.127. The molecule has 22 heavy (non-hydrogen) atoms. The first-order valence-corrected chi connectivity index (χ1v) is 8.60. The van der Waals surface area contributed by atoms with Crippen LogP contribution < -0.4 is 4.90 Å². The zero-order valence-electron chi connectivity index (χ0n) is 12.2. The lowest BCUT2D eigenvalue weighted by molar-refractivity contribution is -0.116. The van der Waals surface area contributed by atoms with Crippen LogP contribution in [0.25, 0.3) is 0 Å². The predicted octanol–water partition coefficient (Wildman–Crippen LogP) is 2.08. The number of aromatic nitrogens is 4. The number of aryl methyl sites for hydroxylation is 1. The van der Waals surface area contributed by atoms with Crippen LogP contribution in [0, 0.1) is 0 Å². The Morgan fingerprint density at radius 1 is 1.32 bits per heavy atom. The maximum absolute atomic E-state index is 12.6. The fourth-order valence-electron chi connectivity index (χ4n) is 2.83. The summed E-state index contributed by atoms with van der Waals surface area (Å²) in [7, 11) is 0. The van der Waals surface area contributed by atoms with Crippen molar-refractivity contribution in [1.29, 1.82) is 0 Å². The number of carbonyl (C=O) groups excluding carboxylic acids is 1. The Balaban J connectivity index is 1.45. The molecule has 114 valence electrons. The van der Waals surface area contributed by atoms with Crippen LogP contribution >= 0.6 is 11.8 Å². The molecule has 1 aromatic carbocycles. The second kappa shape index (κ2) is 5.72. The van der Waals surface area contributed by atoms with Gasteiger partial charge in [0.1, 0.15) is 0 Å². The number of hydrogen-bond donors (Lipinski definition) is 0. The first-order chi connectivity index (χ1) is 10.8. The summed E-state index contributed by atoms with van der Waals surface area (Å²) in [4.78, 5) is 14.5. The third kappa shape index (κ3) is 2.61. The zero-order chi connectivity index (χ0) is 14.9. The van der Waals surface area contributed by atoms with Gasteiger partial charge in [-0.2, -0.15) is 0 Å². The van der Waals surface area contributed by atoms with Crippen LogP contribution in [0.1, 0.15) is 30.9 Å². The summed E-state index contributed by atoms with van der Waals surface area (Å²) in [6, 6.07) is 8.60. The van der Waals surface area contributed by atoms with E-state index in [2.05, 4.69) is 21.6 Å². The number of amides is 1. The molecule has 1 aromatic heterocycles. The van der Waals surface area contributed by atoms with Gasteiger partial charge in [-0.05, 0) is 47.7 Å². The van der Waals surface area contributed by atoms with E-state index in [0.717, 1.165) is 43.1 Å². The number of carbonyl (C=O) groups is 1. The predicted molar refractivity (Wildman–Crippen MR) is 83.9 cm³/mol. The topological polar surface area (TPSA) is 63.9 Å². The molecular weight excluding hydrogens is 298 g/mol. The van der Waals surface area contributed by atoms with Crippen molar-refractivity contribution in [3.63, 3.8) is 0 Å². The van der Waals surface area contributed by atoms with Crippen LogP contribution in [0.15, 0.2) is 29.4 Å². The monoisotopic (exact) mass is 315 g/mol. The summed E-state index contributed by atoms with van der Waals surface area (Å²) < 4.78 is 1.85. The van der Waals surface area contributed by atoms with Gasteiger partial charge in [-0.15, -0.1) is 5.10 Å². The largest absolute Gasteiger partial charge is 0.311 e. The molecule has 0 atom stereocenters. The third-order valence-electron chi connectivity index (χ3n) is 4.09. The van der Waals surface area contributed by atoms with Gasteiger partial charge >= 0.3 is 0 Å². The van der Waals surface area contributed by atoms with Gasteiger partial charge in [0, 0.05) is 12.2 Å². The summed E-state index contributed by atoms with van der Waals surface area (Å²) in [5, 5.41) is 12.5. The molecule has 1 aliphatic heterocycles. The molecule has 2 heterocycles. The lowest BCUT2D eigenvalue weighted by Gasteiger charge is -2.29. The molecule has 7 heteroatoms. The normalized spacial score (nSPS) is 17.4. The Morgan fingerprint density at radius 3 is 3.05 bits per heavy atom. The van der Waals surface area contributed by atoms with Gasteiger partial charge in [0.2, 0.25) is 11.1 Å². The van der Waals surface area contributed by atoms with E-state index in [1.807, 2.05) is 27.8 Å². The fourth-order valence-corrected chi connectivity index (χ4v) is 3.65. The van der Waals surface area contributed by atoms with E-state index < -0.39 is 0 Å². The summed E-state index contributed by atoms with van der Waals surface area (Å²) in [5.74, 6) is 0.504. The summed E-state index contributed by atoms with van der Waals surface area (Å²) >= 11 is 1.43. The van der Waals surface area contributed by atoms with Gasteiger partial charge in [0.15, 0.2) is 0 Å². The van der Waals surface area contributed by atoms with Crippen molar-refractivity contribution in [3.8, 4) is 0 Å². The van der Waals surface area contributed by atoms with Crippen molar-refractivity contribution < 1.29 is 4.79 Å². The Hall–Kier alpha value is -1.89. The maximum Gasteiger partial charge on any atom is 0.237 e. The minimum Gasteiger partial charge on any atom is -0.311 e. The molecule has 0 unspecified atom stereocenters. The number of thioether (sulfide) groups is 1. The Labute approximate surface area is 132 Å². The van der Waals surface area contributed by atoms with Crippen LogP contribution in [0.2, 0.25) is 0 Å². The summed E-state index contributed by atoms with van der Waals surface area (Å²) in [6.07, 6.45) is 4.33. The second-order valence-electron chi connectivity index (χ2n) is 5.70. The molecule has 1 amide bonds. The van der Waals surface area contributed by atoms with Gasteiger partial charge in [-0.1, -0.05) is 30.0 Å². The van der Waals surface area contributed by atoms with Gasteiger partial charge in [-0.25, -0.2) is 4.68 Å². The van der Waals surface area contributed by atoms with E-state index in [9.17, 15) is 4.79 Å². The van der Waals surface area contributed by atoms with E-state index in [4.69, 9.17) is 0 Å². The quantitative estimate of drug-likeness (QED) is 0.808. The van der Waals surface area contributed by atoms with Gasteiger partial charge < -0.3 is 4.90 Å². The number of para-hydroxylation sites is 1. The molecule has 0 N–H and O–H groups in total. The van der Waals surface area contributed by atoms with Crippen molar-refractivity contribution >= 4 is 23.4 Å². The molecule has 1 fully saturated rings. The number of tetrazole rings is 1. The lowest BCUT2D eigenvalue weighted by atomic mass is 10.0. The molecule has 0 saturated heterocycles. The van der Waals surface area contributed by atoms with Gasteiger partial charge in [0.05, 0.1) is 11.8 Å². The molecule has 0 bridgehead atoms. The molecule has 0 spiro atoms. The zero-order valence-corrected chi connectivity index (χ0v) is 13.0. The van der Waals surface area contributed by atoms with Gasteiger partial charge in [-0.3, -0.25) is 4.79 Å². The van der Waals surface area contributed by atoms with Crippen molar-refractivity contribution in [2.45, 2.75) is 36.9 Å². The average Bonchev–Trinajstić information content (AvgIpc) is 3.30. The van der Waals surface area contributed by atoms with Crippen LogP contribution in [0.3, 0.4) is 0 Å². The standard InChI is InChI=1S/C15H17N5OS/c21-14(10-22-15-16-17-18-20(15)12-7-8-12)19-9-3-5-11-4-1-2-6-13(11)19/h1-2,4,6,12H,3,5,7-10H2. The Morgan fingerprint density at radius 2 is 2.18 bits per heavy atom. The van der Waals surface area contributed by atoms with Crippen molar-refractivity contribution in [3.05, 3.63) is 29.8 Å². The molecule has 2 aromatic rings. The molecular formula is C15H17N5OS. The van der Waals surface area contributed by atoms with E-state index in [1.165, 1.54) is 17.3 Å². The van der Waals surface area contributed by atoms with Crippen LogP contribution in [-0.2, 0) is 11.2 Å². The third-order valence-corrected chi connectivity index (χ3v) is 5.01. The molecule has 4 rings (SSSR count). The molecule has 1 saturated carbocycles. The first-order valence-electron chi connectivity index (χ1n) is 7.62. The minimum atomic E-state index is 0.127. The van der Waals surface area contributed by atoms with Crippen molar-refractivity contribution in [2.24, 2.45) is 0 Å². The molecule has 6 nitrogen and oxygen atoms in total. The highest BCUT2D eigenvalue weighted by Gasteiger charge is 2.29. The highest BCUT2D eigenvalue weighted by molar-refractivity contribution is 7.99. The highest BCUT2D eigenvalue weighted by Crippen LogP contribution is 2.36. The fraction of sp³-hybridized carbons (Fsp3) is 0.467. The van der Waals surface area contributed by atoms with E-state index in [1.54, 1.807) is 0 Å². The van der Waals surface area contributed by atoms with Crippen molar-refractivity contribution in [2.75, 3.05) is 17.2 Å².